The molecule has 3 rings (SSSR count). The molecule has 1 fully saturated rings. The Labute approximate surface area is 169 Å². The third-order valence-corrected chi connectivity index (χ3v) is 5.96. The Hall–Kier alpha value is -2.59. The highest BCUT2D eigenvalue weighted by Gasteiger charge is 2.24. The zero-order chi connectivity index (χ0) is 21.0. The van der Waals surface area contributed by atoms with Crippen LogP contribution in [0.5, 0.6) is 0 Å². The fourth-order valence-electron chi connectivity index (χ4n) is 3.22. The molecule has 0 atom stereocenters. The van der Waals surface area contributed by atoms with Gasteiger partial charge in [0.2, 0.25) is 10.0 Å². The molecule has 1 saturated heterocycles. The van der Waals surface area contributed by atoms with Gasteiger partial charge in [-0.25, -0.2) is 27.6 Å². The van der Waals surface area contributed by atoms with E-state index >= 15 is 0 Å². The van der Waals surface area contributed by atoms with Gasteiger partial charge >= 0.3 is 5.97 Å². The second-order valence-corrected chi connectivity index (χ2v) is 9.02. The Morgan fingerprint density at radius 2 is 1.83 bits per heavy atom. The molecule has 0 spiro atoms. The molecule has 1 aromatic carbocycles. The van der Waals surface area contributed by atoms with Crippen LogP contribution in [0.2, 0.25) is 0 Å². The van der Waals surface area contributed by atoms with Crippen molar-refractivity contribution < 1.29 is 22.7 Å². The van der Waals surface area contributed by atoms with E-state index in [2.05, 4.69) is 9.97 Å². The van der Waals surface area contributed by atoms with Crippen LogP contribution in [0.15, 0.2) is 30.5 Å². The number of sulfonamides is 1. The van der Waals surface area contributed by atoms with Crippen molar-refractivity contribution in [2.45, 2.75) is 32.4 Å². The number of nitrogens with zero attached hydrogens (tertiary/aromatic N) is 4. The number of hydrogen-bond acceptors (Lipinski definition) is 6. The van der Waals surface area contributed by atoms with E-state index in [9.17, 15) is 22.7 Å². The number of benzene rings is 1. The van der Waals surface area contributed by atoms with Gasteiger partial charge in [0.05, 0.1) is 12.8 Å². The lowest BCUT2D eigenvalue weighted by Gasteiger charge is -2.29. The number of anilines is 1. The van der Waals surface area contributed by atoms with Gasteiger partial charge in [0.15, 0.2) is 0 Å². The van der Waals surface area contributed by atoms with E-state index in [-0.39, 0.29) is 24.5 Å². The number of aromatic nitrogens is 2. The molecule has 1 N–H and O–H groups in total. The summed E-state index contributed by atoms with van der Waals surface area (Å²) in [4.78, 5) is 22.0. The monoisotopic (exact) mass is 422 g/mol. The van der Waals surface area contributed by atoms with E-state index in [4.69, 9.17) is 0 Å². The minimum Gasteiger partial charge on any atom is -0.477 e. The smallest absolute Gasteiger partial charge is 0.341 e. The molecule has 1 aromatic heterocycles. The SMILES string of the molecule is CS(=O)(=O)N(Cc1ccc(F)cc1)Cc1ncc(C(=O)O)c(N2CCCCC2)n1. The van der Waals surface area contributed by atoms with Gasteiger partial charge in [-0.1, -0.05) is 12.1 Å². The standard InChI is InChI=1S/C19H23FN4O4S/c1-29(27,28)24(12-14-5-7-15(20)8-6-14)13-17-21-11-16(19(25)26)18(22-17)23-9-3-2-4-10-23/h5-8,11H,2-4,9-10,12-13H2,1H3,(H,25,26). The number of rotatable bonds is 7. The molecular weight excluding hydrogens is 399 g/mol. The van der Waals surface area contributed by atoms with Crippen LogP contribution in [0.1, 0.15) is 41.0 Å². The largest absolute Gasteiger partial charge is 0.477 e. The first kappa shape index (κ1) is 21.1. The molecule has 2 aromatic rings. The van der Waals surface area contributed by atoms with Crippen LogP contribution in [0.25, 0.3) is 0 Å². The lowest BCUT2D eigenvalue weighted by Crippen LogP contribution is -2.33. The molecule has 10 heteroatoms. The van der Waals surface area contributed by atoms with Gasteiger partial charge in [-0.05, 0) is 37.0 Å². The van der Waals surface area contributed by atoms with Crippen molar-refractivity contribution in [3.8, 4) is 0 Å². The van der Waals surface area contributed by atoms with E-state index < -0.39 is 21.8 Å². The summed E-state index contributed by atoms with van der Waals surface area (Å²) in [5.74, 6) is -0.998. The summed E-state index contributed by atoms with van der Waals surface area (Å²) >= 11 is 0. The second kappa shape index (κ2) is 8.83. The Morgan fingerprint density at radius 3 is 2.41 bits per heavy atom. The highest BCUT2D eigenvalue weighted by atomic mass is 32.2. The van der Waals surface area contributed by atoms with Crippen LogP contribution in [-0.2, 0) is 23.1 Å². The van der Waals surface area contributed by atoms with Crippen LogP contribution in [0.4, 0.5) is 10.2 Å². The van der Waals surface area contributed by atoms with Crippen LogP contribution in [0, 0.1) is 5.82 Å². The molecule has 0 bridgehead atoms. The molecule has 1 aliphatic heterocycles. The van der Waals surface area contributed by atoms with Gasteiger partial charge in [0, 0.05) is 25.8 Å². The van der Waals surface area contributed by atoms with Gasteiger partial charge in [-0.15, -0.1) is 0 Å². The first-order valence-electron chi connectivity index (χ1n) is 9.28. The van der Waals surface area contributed by atoms with Crippen molar-refractivity contribution in [1.29, 1.82) is 0 Å². The summed E-state index contributed by atoms with van der Waals surface area (Å²) in [6, 6.07) is 5.56. The Balaban J connectivity index is 1.88. The van der Waals surface area contributed by atoms with Crippen LogP contribution >= 0.6 is 0 Å². The molecule has 0 aliphatic carbocycles. The molecule has 0 amide bonds. The first-order chi connectivity index (χ1) is 13.7. The number of aromatic carboxylic acids is 1. The predicted molar refractivity (Wildman–Crippen MR) is 106 cm³/mol. The van der Waals surface area contributed by atoms with Crippen LogP contribution in [0.3, 0.4) is 0 Å². The molecule has 156 valence electrons. The van der Waals surface area contributed by atoms with E-state index in [1.165, 1.54) is 34.8 Å². The summed E-state index contributed by atoms with van der Waals surface area (Å²) in [7, 11) is -3.61. The van der Waals surface area contributed by atoms with E-state index in [0.29, 0.717) is 24.5 Å². The molecule has 0 saturated carbocycles. The lowest BCUT2D eigenvalue weighted by atomic mass is 10.1. The minimum absolute atomic E-state index is 0.0000835. The number of halogens is 1. The fraction of sp³-hybridized carbons (Fsp3) is 0.421. The van der Waals surface area contributed by atoms with Crippen molar-refractivity contribution >= 4 is 21.8 Å². The Bertz CT molecular complexity index is 976. The van der Waals surface area contributed by atoms with Crippen molar-refractivity contribution in [1.82, 2.24) is 14.3 Å². The average Bonchev–Trinajstić information content (AvgIpc) is 2.69. The Morgan fingerprint density at radius 1 is 1.17 bits per heavy atom. The van der Waals surface area contributed by atoms with Gasteiger partial charge in [0.1, 0.15) is 23.0 Å². The maximum atomic E-state index is 13.1. The molecule has 0 radical (unpaired) electrons. The van der Waals surface area contributed by atoms with Crippen molar-refractivity contribution in [3.63, 3.8) is 0 Å². The number of carboxylic acid groups (broad SMARTS) is 1. The van der Waals surface area contributed by atoms with E-state index in [0.717, 1.165) is 25.5 Å². The van der Waals surface area contributed by atoms with Gasteiger partial charge in [0.25, 0.3) is 0 Å². The normalized spacial score (nSPS) is 14.9. The number of carbonyl (C=O) groups is 1. The third-order valence-electron chi connectivity index (χ3n) is 4.76. The topological polar surface area (TPSA) is 104 Å². The van der Waals surface area contributed by atoms with Crippen molar-refractivity contribution in [3.05, 3.63) is 53.2 Å². The lowest BCUT2D eigenvalue weighted by molar-refractivity contribution is 0.0696. The minimum atomic E-state index is -3.61. The molecule has 1 aliphatic rings. The highest BCUT2D eigenvalue weighted by molar-refractivity contribution is 7.88. The molecular formula is C19H23FN4O4S. The molecule has 8 nitrogen and oxygen atoms in total. The number of hydrogen-bond donors (Lipinski definition) is 1. The molecule has 29 heavy (non-hydrogen) atoms. The average molecular weight is 422 g/mol. The first-order valence-corrected chi connectivity index (χ1v) is 11.1. The van der Waals surface area contributed by atoms with Crippen LogP contribution in [-0.4, -0.2) is 53.1 Å². The summed E-state index contributed by atoms with van der Waals surface area (Å²) in [6.45, 7) is 1.31. The van der Waals surface area contributed by atoms with E-state index in [1.54, 1.807) is 0 Å². The fourth-order valence-corrected chi connectivity index (χ4v) is 3.96. The van der Waals surface area contributed by atoms with Gasteiger partial charge < -0.3 is 10.0 Å². The molecule has 0 unspecified atom stereocenters. The van der Waals surface area contributed by atoms with Gasteiger partial charge in [-0.3, -0.25) is 0 Å². The second-order valence-electron chi connectivity index (χ2n) is 7.03. The zero-order valence-electron chi connectivity index (χ0n) is 16.1. The quantitative estimate of drug-likeness (QED) is 0.730. The van der Waals surface area contributed by atoms with Crippen molar-refractivity contribution in [2.24, 2.45) is 0 Å². The summed E-state index contributed by atoms with van der Waals surface area (Å²) < 4.78 is 38.8. The summed E-state index contributed by atoms with van der Waals surface area (Å²) in [6.07, 6.45) is 5.27. The maximum absolute atomic E-state index is 13.1. The van der Waals surface area contributed by atoms with Crippen molar-refractivity contribution in [2.75, 3.05) is 24.2 Å². The maximum Gasteiger partial charge on any atom is 0.341 e. The van der Waals surface area contributed by atoms with Gasteiger partial charge in [-0.2, -0.15) is 4.31 Å². The number of piperidine rings is 1. The van der Waals surface area contributed by atoms with E-state index in [1.807, 2.05) is 4.90 Å². The third kappa shape index (κ3) is 5.48. The molecule has 2 heterocycles. The number of carboxylic acids is 1. The highest BCUT2D eigenvalue weighted by Crippen LogP contribution is 2.23. The van der Waals surface area contributed by atoms with Crippen LogP contribution < -0.4 is 4.90 Å². The Kier molecular flexibility index (Phi) is 6.43. The predicted octanol–water partition coefficient (Wildman–Crippen LogP) is 2.27. The zero-order valence-corrected chi connectivity index (χ0v) is 16.9. The summed E-state index contributed by atoms with van der Waals surface area (Å²) in [5, 5.41) is 9.47. The summed E-state index contributed by atoms with van der Waals surface area (Å²) in [5.41, 5.74) is 0.621.